The number of hydrogen-bond acceptors (Lipinski definition) is 2. The van der Waals surface area contributed by atoms with Crippen molar-refractivity contribution in [2.45, 2.75) is 64.8 Å². The van der Waals surface area contributed by atoms with Gasteiger partial charge in [-0.05, 0) is 49.3 Å². The van der Waals surface area contributed by atoms with E-state index in [1.54, 1.807) is 0 Å². The van der Waals surface area contributed by atoms with Crippen LogP contribution in [-0.2, 0) is 0 Å². The first kappa shape index (κ1) is 21.3. The van der Waals surface area contributed by atoms with E-state index in [-0.39, 0.29) is 24.4 Å². The zero-order valence-corrected chi connectivity index (χ0v) is 16.1. The second-order valence-corrected chi connectivity index (χ2v) is 6.91. The molecule has 6 heteroatoms. The SMILES string of the molecule is Cc1cccc(C)c1C(CCC1CCCCC1)N=C(N)NC(N)=O.Cl. The molecule has 5 nitrogen and oxygen atoms in total. The van der Waals surface area contributed by atoms with Crippen molar-refractivity contribution in [3.05, 3.63) is 34.9 Å². The Bertz CT molecular complexity index is 577. The maximum absolute atomic E-state index is 11.0. The molecule has 0 saturated heterocycles. The average Bonchev–Trinajstić information content (AvgIpc) is 2.52. The average molecular weight is 367 g/mol. The molecule has 0 spiro atoms. The minimum absolute atomic E-state index is 0. The molecule has 140 valence electrons. The van der Waals surface area contributed by atoms with Gasteiger partial charge in [0.2, 0.25) is 0 Å². The molecule has 5 N–H and O–H groups in total. The number of urea groups is 1. The predicted molar refractivity (Wildman–Crippen MR) is 106 cm³/mol. The summed E-state index contributed by atoms with van der Waals surface area (Å²) in [6, 6.07) is 5.54. The molecule has 1 unspecified atom stereocenters. The van der Waals surface area contributed by atoms with E-state index in [1.165, 1.54) is 48.8 Å². The van der Waals surface area contributed by atoms with E-state index in [2.05, 4.69) is 42.4 Å². The van der Waals surface area contributed by atoms with Crippen LogP contribution in [0.4, 0.5) is 4.79 Å². The summed E-state index contributed by atoms with van der Waals surface area (Å²) in [5.41, 5.74) is 14.6. The molecule has 25 heavy (non-hydrogen) atoms. The molecule has 2 rings (SSSR count). The van der Waals surface area contributed by atoms with E-state index in [9.17, 15) is 4.79 Å². The van der Waals surface area contributed by atoms with Gasteiger partial charge in [0, 0.05) is 0 Å². The topological polar surface area (TPSA) is 93.5 Å². The first-order valence-corrected chi connectivity index (χ1v) is 8.93. The molecule has 0 radical (unpaired) electrons. The quantitative estimate of drug-likeness (QED) is 0.540. The number of rotatable bonds is 5. The first-order valence-electron chi connectivity index (χ1n) is 8.93. The van der Waals surface area contributed by atoms with Crippen molar-refractivity contribution in [3.63, 3.8) is 0 Å². The van der Waals surface area contributed by atoms with E-state index in [4.69, 9.17) is 11.5 Å². The molecule has 1 aromatic rings. The van der Waals surface area contributed by atoms with Crippen LogP contribution in [0.1, 0.15) is 67.7 Å². The zero-order valence-electron chi connectivity index (χ0n) is 15.3. The van der Waals surface area contributed by atoms with Crippen LogP contribution in [0.25, 0.3) is 0 Å². The number of primary amides is 1. The number of amides is 2. The van der Waals surface area contributed by atoms with E-state index < -0.39 is 6.03 Å². The fourth-order valence-corrected chi connectivity index (χ4v) is 3.82. The van der Waals surface area contributed by atoms with Crippen molar-refractivity contribution < 1.29 is 4.79 Å². The van der Waals surface area contributed by atoms with E-state index in [0.717, 1.165) is 18.8 Å². The molecule has 1 aliphatic carbocycles. The fourth-order valence-electron chi connectivity index (χ4n) is 3.82. The normalized spacial score (nSPS) is 16.8. The maximum atomic E-state index is 11.0. The number of nitrogens with zero attached hydrogens (tertiary/aromatic N) is 1. The van der Waals surface area contributed by atoms with Crippen LogP contribution in [0.2, 0.25) is 0 Å². The second-order valence-electron chi connectivity index (χ2n) is 6.91. The van der Waals surface area contributed by atoms with Gasteiger partial charge in [-0.3, -0.25) is 5.32 Å². The Morgan fingerprint density at radius 2 is 1.80 bits per heavy atom. The van der Waals surface area contributed by atoms with Gasteiger partial charge in [0.25, 0.3) is 0 Å². The van der Waals surface area contributed by atoms with Gasteiger partial charge in [-0.2, -0.15) is 0 Å². The molecule has 0 bridgehead atoms. The fraction of sp³-hybridized carbons (Fsp3) is 0.579. The minimum atomic E-state index is -0.677. The predicted octanol–water partition coefficient (Wildman–Crippen LogP) is 4.11. The van der Waals surface area contributed by atoms with Crippen molar-refractivity contribution in [3.8, 4) is 0 Å². The smallest absolute Gasteiger partial charge is 0.318 e. The van der Waals surface area contributed by atoms with Crippen LogP contribution in [0, 0.1) is 19.8 Å². The first-order chi connectivity index (χ1) is 11.5. The monoisotopic (exact) mass is 366 g/mol. The Labute approximate surface area is 157 Å². The van der Waals surface area contributed by atoms with Crippen LogP contribution in [0.3, 0.4) is 0 Å². The molecular formula is C19H31ClN4O. The summed E-state index contributed by atoms with van der Waals surface area (Å²) in [7, 11) is 0. The summed E-state index contributed by atoms with van der Waals surface area (Å²) < 4.78 is 0. The van der Waals surface area contributed by atoms with Crippen molar-refractivity contribution in [2.24, 2.45) is 22.4 Å². The lowest BCUT2D eigenvalue weighted by Crippen LogP contribution is -2.40. The third-order valence-corrected chi connectivity index (χ3v) is 4.99. The molecule has 1 saturated carbocycles. The Balaban J connectivity index is 0.00000312. The highest BCUT2D eigenvalue weighted by Gasteiger charge is 2.20. The number of hydrogen-bond donors (Lipinski definition) is 3. The number of carbonyl (C=O) groups excluding carboxylic acids is 1. The molecule has 1 aromatic carbocycles. The summed E-state index contributed by atoms with van der Waals surface area (Å²) in [5, 5.41) is 2.39. The number of nitrogens with one attached hydrogen (secondary N) is 1. The lowest BCUT2D eigenvalue weighted by molar-refractivity contribution is 0.253. The number of nitrogens with two attached hydrogens (primary N) is 2. The van der Waals surface area contributed by atoms with Crippen LogP contribution in [-0.4, -0.2) is 12.0 Å². The number of benzene rings is 1. The van der Waals surface area contributed by atoms with Crippen molar-refractivity contribution in [2.75, 3.05) is 0 Å². The van der Waals surface area contributed by atoms with Gasteiger partial charge < -0.3 is 11.5 Å². The third-order valence-electron chi connectivity index (χ3n) is 4.99. The van der Waals surface area contributed by atoms with Gasteiger partial charge in [-0.1, -0.05) is 50.3 Å². The van der Waals surface area contributed by atoms with Crippen molar-refractivity contribution >= 4 is 24.4 Å². The highest BCUT2D eigenvalue weighted by Crippen LogP contribution is 2.34. The van der Waals surface area contributed by atoms with Gasteiger partial charge in [0.1, 0.15) is 0 Å². The Kier molecular flexibility index (Phi) is 8.76. The van der Waals surface area contributed by atoms with E-state index >= 15 is 0 Å². The summed E-state index contributed by atoms with van der Waals surface area (Å²) >= 11 is 0. The molecule has 1 atom stereocenters. The lowest BCUT2D eigenvalue weighted by Gasteiger charge is -2.24. The molecule has 1 aliphatic rings. The molecule has 2 amide bonds. The van der Waals surface area contributed by atoms with Gasteiger partial charge in [-0.25, -0.2) is 9.79 Å². The molecule has 1 fully saturated rings. The molecule has 0 heterocycles. The van der Waals surface area contributed by atoms with Crippen LogP contribution in [0.5, 0.6) is 0 Å². The molecule has 0 aliphatic heterocycles. The van der Waals surface area contributed by atoms with Crippen LogP contribution in [0.15, 0.2) is 23.2 Å². The van der Waals surface area contributed by atoms with Gasteiger partial charge in [0.05, 0.1) is 6.04 Å². The number of halogens is 1. The Hall–Kier alpha value is -1.75. The maximum Gasteiger partial charge on any atom is 0.318 e. The number of guanidine groups is 1. The standard InChI is InChI=1S/C19H30N4O.ClH/c1-13-7-6-8-14(2)17(13)16(22-18(20)23-19(21)24)12-11-15-9-4-3-5-10-15;/h6-8,15-16H,3-5,9-12H2,1-2H3,(H5,20,21,22,23,24);1H. The van der Waals surface area contributed by atoms with Crippen molar-refractivity contribution in [1.82, 2.24) is 5.32 Å². The van der Waals surface area contributed by atoms with Crippen LogP contribution >= 0.6 is 12.4 Å². The highest BCUT2D eigenvalue weighted by molar-refractivity contribution is 5.94. The number of aliphatic imine (C=N–C) groups is 1. The summed E-state index contributed by atoms with van der Waals surface area (Å²) in [6.45, 7) is 4.20. The van der Waals surface area contributed by atoms with Crippen molar-refractivity contribution in [1.29, 1.82) is 0 Å². The third kappa shape index (κ3) is 6.58. The highest BCUT2D eigenvalue weighted by atomic mass is 35.5. The zero-order chi connectivity index (χ0) is 17.5. The minimum Gasteiger partial charge on any atom is -0.370 e. The lowest BCUT2D eigenvalue weighted by atomic mass is 9.83. The summed E-state index contributed by atoms with van der Waals surface area (Å²) in [4.78, 5) is 15.6. The van der Waals surface area contributed by atoms with Gasteiger partial charge >= 0.3 is 6.03 Å². The molecular weight excluding hydrogens is 336 g/mol. The van der Waals surface area contributed by atoms with E-state index in [1.807, 2.05) is 0 Å². The van der Waals surface area contributed by atoms with E-state index in [0.29, 0.717) is 0 Å². The number of carbonyl (C=O) groups is 1. The van der Waals surface area contributed by atoms with Gasteiger partial charge in [-0.15, -0.1) is 12.4 Å². The molecule has 0 aromatic heterocycles. The van der Waals surface area contributed by atoms with Gasteiger partial charge in [0.15, 0.2) is 5.96 Å². The summed E-state index contributed by atoms with van der Waals surface area (Å²) in [5.74, 6) is 0.880. The Morgan fingerprint density at radius 3 is 2.36 bits per heavy atom. The number of aryl methyl sites for hydroxylation is 2. The second kappa shape index (κ2) is 10.3. The Morgan fingerprint density at radius 1 is 1.20 bits per heavy atom. The summed E-state index contributed by atoms with van der Waals surface area (Å²) in [6.07, 6.45) is 8.77. The van der Waals surface area contributed by atoms with Crippen LogP contribution < -0.4 is 16.8 Å². The largest absolute Gasteiger partial charge is 0.370 e.